The van der Waals surface area contributed by atoms with Crippen molar-refractivity contribution in [3.63, 3.8) is 0 Å². The topological polar surface area (TPSA) is 55.1 Å². The lowest BCUT2D eigenvalue weighted by molar-refractivity contribution is 0.584. The molecule has 0 saturated heterocycles. The highest BCUT2D eigenvalue weighted by Crippen LogP contribution is 2.53. The highest BCUT2D eigenvalue weighted by molar-refractivity contribution is 5.93. The second kappa shape index (κ2) is 14.8. The zero-order chi connectivity index (χ0) is 41.0. The second-order valence-corrected chi connectivity index (χ2v) is 16.0. The number of hydrogen-bond donors (Lipinski definition) is 0. The Bertz CT molecular complexity index is 3200. The molecule has 0 saturated carbocycles. The van der Waals surface area contributed by atoms with E-state index in [0.717, 1.165) is 66.8 Å². The molecule has 12 rings (SSSR count). The Morgan fingerprint density at radius 1 is 0.403 bits per heavy atom. The van der Waals surface area contributed by atoms with Crippen LogP contribution in [0.4, 0.5) is 11.4 Å². The smallest absolute Gasteiger partial charge is 0.164 e. The number of furan rings is 1. The van der Waals surface area contributed by atoms with Gasteiger partial charge in [-0.25, -0.2) is 15.0 Å². The van der Waals surface area contributed by atoms with Crippen molar-refractivity contribution in [2.45, 2.75) is 12.0 Å². The zero-order valence-electron chi connectivity index (χ0n) is 33.6. The molecule has 1 aliphatic heterocycles. The Morgan fingerprint density at radius 2 is 0.887 bits per heavy atom. The lowest BCUT2D eigenvalue weighted by atomic mass is 9.82. The molecule has 5 heteroatoms. The molecule has 0 spiro atoms. The van der Waals surface area contributed by atoms with Crippen LogP contribution in [0.15, 0.2) is 217 Å². The molecule has 8 aromatic carbocycles. The van der Waals surface area contributed by atoms with Crippen molar-refractivity contribution in [1.82, 2.24) is 15.0 Å². The van der Waals surface area contributed by atoms with Gasteiger partial charge in [0.15, 0.2) is 17.5 Å². The first-order chi connectivity index (χ1) is 30.7. The molecule has 2 aromatic heterocycles. The van der Waals surface area contributed by atoms with E-state index in [-0.39, 0.29) is 12.0 Å². The molecule has 2 atom stereocenters. The SMILES string of the molecule is C1=CC2C(c3ccccc3N2c2ccccc2)c2c1oc1cc(-c3ccc(-c4nc(-c5cccc(-c6ccccc6)c5)nc(-c5cccc(-c6ccccc6)c5)n4)cc3)ccc21. The predicted molar refractivity (Wildman–Crippen MR) is 252 cm³/mol. The Morgan fingerprint density at radius 3 is 1.53 bits per heavy atom. The molecule has 2 aliphatic rings. The zero-order valence-corrected chi connectivity index (χ0v) is 33.6. The number of nitrogens with zero attached hydrogens (tertiary/aromatic N) is 4. The van der Waals surface area contributed by atoms with Crippen LogP contribution in [0.2, 0.25) is 0 Å². The molecule has 0 fully saturated rings. The minimum atomic E-state index is 0.160. The van der Waals surface area contributed by atoms with Crippen LogP contribution in [0, 0.1) is 0 Å². The van der Waals surface area contributed by atoms with Crippen molar-refractivity contribution in [3.05, 3.63) is 229 Å². The molecular weight excluding hydrogens is 757 g/mol. The fourth-order valence-corrected chi connectivity index (χ4v) is 9.34. The van der Waals surface area contributed by atoms with Crippen LogP contribution in [0.5, 0.6) is 0 Å². The summed E-state index contributed by atoms with van der Waals surface area (Å²) in [6.07, 6.45) is 4.47. The van der Waals surface area contributed by atoms with Crippen molar-refractivity contribution in [2.75, 3.05) is 4.90 Å². The van der Waals surface area contributed by atoms with E-state index in [4.69, 9.17) is 19.4 Å². The summed E-state index contributed by atoms with van der Waals surface area (Å²) in [6.45, 7) is 0. The normalized spacial score (nSPS) is 15.0. The summed E-state index contributed by atoms with van der Waals surface area (Å²) < 4.78 is 6.66. The van der Waals surface area contributed by atoms with Gasteiger partial charge in [0.1, 0.15) is 11.3 Å². The summed E-state index contributed by atoms with van der Waals surface area (Å²) in [5, 5.41) is 1.15. The molecule has 1 aliphatic carbocycles. The molecule has 0 N–H and O–H groups in total. The Kier molecular flexibility index (Phi) is 8.56. The minimum Gasteiger partial charge on any atom is -0.456 e. The molecule has 3 heterocycles. The Labute approximate surface area is 360 Å². The summed E-state index contributed by atoms with van der Waals surface area (Å²) in [7, 11) is 0. The van der Waals surface area contributed by atoms with Crippen LogP contribution in [-0.2, 0) is 0 Å². The summed E-state index contributed by atoms with van der Waals surface area (Å²) in [4.78, 5) is 17.8. The van der Waals surface area contributed by atoms with Crippen LogP contribution in [0.25, 0.3) is 84.6 Å². The average Bonchev–Trinajstić information content (AvgIpc) is 3.90. The summed E-state index contributed by atoms with van der Waals surface area (Å²) >= 11 is 0. The molecule has 2 unspecified atom stereocenters. The molecule has 292 valence electrons. The lowest BCUT2D eigenvalue weighted by Crippen LogP contribution is -2.30. The average molecular weight is 795 g/mol. The van der Waals surface area contributed by atoms with Gasteiger partial charge in [0.05, 0.1) is 6.04 Å². The maximum absolute atomic E-state index is 6.66. The van der Waals surface area contributed by atoms with E-state index in [1.165, 1.54) is 22.5 Å². The standard InChI is InChI=1S/C57H38N4O/c1-4-14-37(15-5-1)41-18-12-20-44(34-41)56-58-55(59-57(60-56)45-21-13-19-42(35-45)38-16-6-2-7-17-38)40-28-26-39(27-29-40)43-30-31-48-52(36-43)62-51-33-32-50-53(54(48)51)47-24-10-11-25-49(47)61(50)46-22-8-3-9-23-46/h1-36,50,53H. The van der Waals surface area contributed by atoms with Crippen molar-refractivity contribution >= 4 is 28.4 Å². The van der Waals surface area contributed by atoms with Gasteiger partial charge in [0, 0.05) is 44.9 Å². The van der Waals surface area contributed by atoms with Crippen LogP contribution in [0.1, 0.15) is 22.8 Å². The molecule has 10 aromatic rings. The summed E-state index contributed by atoms with van der Waals surface area (Å²) in [5.41, 5.74) is 15.3. The maximum atomic E-state index is 6.66. The van der Waals surface area contributed by atoms with Gasteiger partial charge < -0.3 is 9.32 Å². The van der Waals surface area contributed by atoms with Gasteiger partial charge in [-0.15, -0.1) is 0 Å². The third-order valence-corrected chi connectivity index (χ3v) is 12.3. The predicted octanol–water partition coefficient (Wildman–Crippen LogP) is 14.3. The third kappa shape index (κ3) is 6.22. The minimum absolute atomic E-state index is 0.160. The number of rotatable bonds is 7. The number of para-hydroxylation sites is 2. The summed E-state index contributed by atoms with van der Waals surface area (Å²) in [5.74, 6) is 2.95. The molecular formula is C57H38N4O. The molecule has 0 amide bonds. The highest BCUT2D eigenvalue weighted by atomic mass is 16.3. The lowest BCUT2D eigenvalue weighted by Gasteiger charge is -2.30. The molecule has 62 heavy (non-hydrogen) atoms. The van der Waals surface area contributed by atoms with Crippen LogP contribution in [-0.4, -0.2) is 21.0 Å². The molecule has 0 radical (unpaired) electrons. The van der Waals surface area contributed by atoms with E-state index in [1.54, 1.807) is 0 Å². The van der Waals surface area contributed by atoms with Gasteiger partial charge in [-0.1, -0.05) is 176 Å². The fourth-order valence-electron chi connectivity index (χ4n) is 9.34. The number of fused-ring (bicyclic) bond motifs is 7. The Balaban J connectivity index is 0.905. The van der Waals surface area contributed by atoms with E-state index >= 15 is 0 Å². The second-order valence-electron chi connectivity index (χ2n) is 16.0. The highest BCUT2D eigenvalue weighted by Gasteiger charge is 2.43. The number of benzene rings is 8. The maximum Gasteiger partial charge on any atom is 0.164 e. The summed E-state index contributed by atoms with van der Waals surface area (Å²) in [6, 6.07) is 72.5. The van der Waals surface area contributed by atoms with Crippen LogP contribution >= 0.6 is 0 Å². The molecule has 0 bridgehead atoms. The van der Waals surface area contributed by atoms with Gasteiger partial charge in [0.2, 0.25) is 0 Å². The van der Waals surface area contributed by atoms with E-state index < -0.39 is 0 Å². The van der Waals surface area contributed by atoms with Gasteiger partial charge >= 0.3 is 0 Å². The van der Waals surface area contributed by atoms with E-state index in [9.17, 15) is 0 Å². The van der Waals surface area contributed by atoms with Crippen molar-refractivity contribution in [1.29, 1.82) is 0 Å². The van der Waals surface area contributed by atoms with E-state index in [2.05, 4.69) is 211 Å². The first-order valence-corrected chi connectivity index (χ1v) is 21.1. The first-order valence-electron chi connectivity index (χ1n) is 21.1. The van der Waals surface area contributed by atoms with Crippen molar-refractivity contribution in [3.8, 4) is 67.5 Å². The fraction of sp³-hybridized carbons (Fsp3) is 0.0351. The van der Waals surface area contributed by atoms with Gasteiger partial charge in [-0.05, 0) is 81.4 Å². The Hall–Kier alpha value is -8.15. The molecule has 5 nitrogen and oxygen atoms in total. The number of hydrogen-bond acceptors (Lipinski definition) is 5. The monoisotopic (exact) mass is 794 g/mol. The van der Waals surface area contributed by atoms with Gasteiger partial charge in [-0.2, -0.15) is 0 Å². The van der Waals surface area contributed by atoms with E-state index in [1.807, 2.05) is 12.1 Å². The van der Waals surface area contributed by atoms with Crippen LogP contribution < -0.4 is 4.90 Å². The van der Waals surface area contributed by atoms with Crippen molar-refractivity contribution in [2.24, 2.45) is 0 Å². The largest absolute Gasteiger partial charge is 0.456 e. The van der Waals surface area contributed by atoms with Gasteiger partial charge in [-0.3, -0.25) is 0 Å². The van der Waals surface area contributed by atoms with Gasteiger partial charge in [0.25, 0.3) is 0 Å². The quantitative estimate of drug-likeness (QED) is 0.161. The number of aromatic nitrogens is 3. The van der Waals surface area contributed by atoms with E-state index in [0.29, 0.717) is 17.5 Å². The third-order valence-electron chi connectivity index (χ3n) is 12.3. The van der Waals surface area contributed by atoms with Crippen LogP contribution in [0.3, 0.4) is 0 Å². The number of anilines is 2. The van der Waals surface area contributed by atoms with Crippen molar-refractivity contribution < 1.29 is 4.42 Å². The first kappa shape index (κ1) is 35.8.